The average Bonchev–Trinajstić information content (AvgIpc) is 3.07. The minimum absolute atomic E-state index is 0.0887. The Morgan fingerprint density at radius 1 is 1.30 bits per heavy atom. The normalized spacial score (nSPS) is 13.2. The van der Waals surface area contributed by atoms with Gasteiger partial charge in [0, 0.05) is 17.3 Å². The first kappa shape index (κ1) is 12.9. The van der Waals surface area contributed by atoms with Crippen molar-refractivity contribution in [2.24, 2.45) is 0 Å². The highest BCUT2D eigenvalue weighted by atomic mass is 16.1. The summed E-state index contributed by atoms with van der Waals surface area (Å²) in [5.74, 6) is 0.508. The average molecular weight is 269 g/mol. The van der Waals surface area contributed by atoms with Crippen LogP contribution in [0, 0.1) is 0 Å². The highest BCUT2D eigenvalue weighted by molar-refractivity contribution is 6.03. The maximum atomic E-state index is 12.2. The number of fused-ring (bicyclic) bond motifs is 1. The van der Waals surface area contributed by atoms with Crippen LogP contribution in [0.2, 0.25) is 0 Å². The fraction of sp³-hybridized carbons (Fsp3) is 0.375. The monoisotopic (exact) mass is 269 g/mol. The van der Waals surface area contributed by atoms with Crippen LogP contribution in [0.25, 0.3) is 0 Å². The number of hydrogen-bond donors (Lipinski definition) is 2. The van der Waals surface area contributed by atoms with Crippen LogP contribution < -0.4 is 5.32 Å². The lowest BCUT2D eigenvalue weighted by atomic mass is 10.1. The van der Waals surface area contributed by atoms with E-state index in [0.717, 1.165) is 31.4 Å². The van der Waals surface area contributed by atoms with E-state index in [2.05, 4.69) is 28.5 Å². The minimum atomic E-state index is -0.0887. The molecule has 0 unspecified atom stereocenters. The molecule has 1 heterocycles. The summed E-state index contributed by atoms with van der Waals surface area (Å²) >= 11 is 0. The third-order valence-electron chi connectivity index (χ3n) is 3.75. The largest absolute Gasteiger partial charge is 0.305 e. The molecule has 2 aromatic rings. The predicted molar refractivity (Wildman–Crippen MR) is 79.0 cm³/mol. The lowest BCUT2D eigenvalue weighted by Gasteiger charge is -2.04. The first-order chi connectivity index (χ1) is 9.76. The molecule has 1 aromatic heterocycles. The van der Waals surface area contributed by atoms with Crippen LogP contribution in [0.15, 0.2) is 24.3 Å². The van der Waals surface area contributed by atoms with E-state index in [1.807, 2.05) is 18.2 Å². The number of aromatic amines is 1. The fourth-order valence-corrected chi connectivity index (χ4v) is 2.72. The summed E-state index contributed by atoms with van der Waals surface area (Å²) in [6, 6.07) is 7.88. The van der Waals surface area contributed by atoms with E-state index in [0.29, 0.717) is 11.4 Å². The lowest BCUT2D eigenvalue weighted by Crippen LogP contribution is -2.12. The van der Waals surface area contributed by atoms with E-state index in [9.17, 15) is 4.79 Å². The first-order valence-electron chi connectivity index (χ1n) is 7.23. The molecule has 1 aliphatic rings. The number of rotatable bonds is 4. The molecule has 3 rings (SSSR count). The number of benzene rings is 1. The van der Waals surface area contributed by atoms with Crippen LogP contribution in [-0.4, -0.2) is 16.1 Å². The van der Waals surface area contributed by atoms with Crippen molar-refractivity contribution < 1.29 is 4.79 Å². The lowest BCUT2D eigenvalue weighted by molar-refractivity contribution is 0.102. The van der Waals surface area contributed by atoms with Gasteiger partial charge in [-0.1, -0.05) is 19.4 Å². The number of carbonyl (C=O) groups excluding carboxylic acids is 1. The maximum Gasteiger partial charge on any atom is 0.256 e. The second kappa shape index (κ2) is 5.49. The molecule has 1 aliphatic carbocycles. The molecule has 1 amide bonds. The van der Waals surface area contributed by atoms with Gasteiger partial charge in [-0.15, -0.1) is 0 Å². The van der Waals surface area contributed by atoms with Crippen molar-refractivity contribution in [3.8, 4) is 0 Å². The molecule has 20 heavy (non-hydrogen) atoms. The molecule has 0 aliphatic heterocycles. The van der Waals surface area contributed by atoms with Crippen molar-refractivity contribution in [1.29, 1.82) is 0 Å². The Balaban J connectivity index is 1.72. The van der Waals surface area contributed by atoms with Crippen molar-refractivity contribution in [2.75, 3.05) is 5.32 Å². The van der Waals surface area contributed by atoms with Crippen LogP contribution in [-0.2, 0) is 19.3 Å². The Labute approximate surface area is 118 Å². The SMILES string of the molecule is CCCc1cc(NC(=O)c2ccc3c(c2)CCC3)n[nH]1. The molecule has 0 atom stereocenters. The number of nitrogens with one attached hydrogen (secondary N) is 2. The van der Waals surface area contributed by atoms with E-state index in [1.165, 1.54) is 17.5 Å². The van der Waals surface area contributed by atoms with Gasteiger partial charge in [0.1, 0.15) is 0 Å². The first-order valence-corrected chi connectivity index (χ1v) is 7.23. The number of aryl methyl sites for hydroxylation is 3. The van der Waals surface area contributed by atoms with Crippen molar-refractivity contribution in [3.05, 3.63) is 46.6 Å². The third kappa shape index (κ3) is 2.59. The molecule has 0 bridgehead atoms. The molecule has 0 fully saturated rings. The van der Waals surface area contributed by atoms with Crippen molar-refractivity contribution in [1.82, 2.24) is 10.2 Å². The number of H-pyrrole nitrogens is 1. The van der Waals surface area contributed by atoms with E-state index in [4.69, 9.17) is 0 Å². The van der Waals surface area contributed by atoms with Gasteiger partial charge in [0.2, 0.25) is 0 Å². The van der Waals surface area contributed by atoms with Crippen LogP contribution in [0.3, 0.4) is 0 Å². The molecule has 0 saturated carbocycles. The summed E-state index contributed by atoms with van der Waals surface area (Å²) in [6.45, 7) is 2.11. The molecule has 104 valence electrons. The molecule has 1 aromatic carbocycles. The molecule has 2 N–H and O–H groups in total. The quantitative estimate of drug-likeness (QED) is 0.896. The summed E-state index contributed by atoms with van der Waals surface area (Å²) in [7, 11) is 0. The number of hydrogen-bond acceptors (Lipinski definition) is 2. The summed E-state index contributed by atoms with van der Waals surface area (Å²) in [5, 5.41) is 9.90. The van der Waals surface area contributed by atoms with Gasteiger partial charge < -0.3 is 5.32 Å². The number of carbonyl (C=O) groups is 1. The summed E-state index contributed by atoms with van der Waals surface area (Å²) < 4.78 is 0. The number of aromatic nitrogens is 2. The number of nitrogens with zero attached hydrogens (tertiary/aromatic N) is 1. The molecule has 0 saturated heterocycles. The van der Waals surface area contributed by atoms with E-state index < -0.39 is 0 Å². The minimum Gasteiger partial charge on any atom is -0.305 e. The Morgan fingerprint density at radius 2 is 2.15 bits per heavy atom. The summed E-state index contributed by atoms with van der Waals surface area (Å²) in [4.78, 5) is 12.2. The molecule has 4 nitrogen and oxygen atoms in total. The van der Waals surface area contributed by atoms with Gasteiger partial charge in [-0.05, 0) is 48.9 Å². The van der Waals surface area contributed by atoms with Gasteiger partial charge in [0.25, 0.3) is 5.91 Å². The van der Waals surface area contributed by atoms with E-state index in [-0.39, 0.29) is 5.91 Å². The molecule has 4 heteroatoms. The van der Waals surface area contributed by atoms with Crippen LogP contribution in [0.4, 0.5) is 5.82 Å². The Bertz CT molecular complexity index is 630. The summed E-state index contributed by atoms with van der Waals surface area (Å²) in [5.41, 5.74) is 4.46. The topological polar surface area (TPSA) is 57.8 Å². The number of anilines is 1. The standard InChI is InChI=1S/C16H19N3O/c1-2-4-14-10-15(19-18-14)17-16(20)13-8-7-11-5-3-6-12(11)9-13/h7-10H,2-6H2,1H3,(H2,17,18,19,20). The van der Waals surface area contributed by atoms with Crippen molar-refractivity contribution in [3.63, 3.8) is 0 Å². The van der Waals surface area contributed by atoms with Gasteiger partial charge in [0.05, 0.1) is 0 Å². The Kier molecular flexibility index (Phi) is 3.54. The zero-order chi connectivity index (χ0) is 13.9. The van der Waals surface area contributed by atoms with Gasteiger partial charge in [-0.2, -0.15) is 5.10 Å². The van der Waals surface area contributed by atoms with E-state index >= 15 is 0 Å². The van der Waals surface area contributed by atoms with Gasteiger partial charge in [-0.3, -0.25) is 9.89 Å². The second-order valence-corrected chi connectivity index (χ2v) is 5.32. The van der Waals surface area contributed by atoms with Crippen molar-refractivity contribution in [2.45, 2.75) is 39.0 Å². The van der Waals surface area contributed by atoms with Gasteiger partial charge in [0.15, 0.2) is 5.82 Å². The fourth-order valence-electron chi connectivity index (χ4n) is 2.72. The van der Waals surface area contributed by atoms with Gasteiger partial charge >= 0.3 is 0 Å². The predicted octanol–water partition coefficient (Wildman–Crippen LogP) is 3.10. The third-order valence-corrected chi connectivity index (χ3v) is 3.75. The highest BCUT2D eigenvalue weighted by Gasteiger charge is 2.14. The van der Waals surface area contributed by atoms with Crippen molar-refractivity contribution >= 4 is 11.7 Å². The van der Waals surface area contributed by atoms with Crippen LogP contribution >= 0.6 is 0 Å². The van der Waals surface area contributed by atoms with Crippen LogP contribution in [0.1, 0.15) is 46.9 Å². The Morgan fingerprint density at radius 3 is 3.00 bits per heavy atom. The second-order valence-electron chi connectivity index (χ2n) is 5.32. The Hall–Kier alpha value is -2.10. The van der Waals surface area contributed by atoms with E-state index in [1.54, 1.807) is 0 Å². The number of amides is 1. The zero-order valence-corrected chi connectivity index (χ0v) is 11.7. The zero-order valence-electron chi connectivity index (χ0n) is 11.7. The van der Waals surface area contributed by atoms with Gasteiger partial charge in [-0.25, -0.2) is 0 Å². The smallest absolute Gasteiger partial charge is 0.256 e. The highest BCUT2D eigenvalue weighted by Crippen LogP contribution is 2.23. The maximum absolute atomic E-state index is 12.2. The summed E-state index contributed by atoms with van der Waals surface area (Å²) in [6.07, 6.45) is 5.42. The molecular weight excluding hydrogens is 250 g/mol. The van der Waals surface area contributed by atoms with Crippen LogP contribution in [0.5, 0.6) is 0 Å². The molecule has 0 spiro atoms. The molecule has 0 radical (unpaired) electrons. The molecular formula is C16H19N3O.